The topological polar surface area (TPSA) is 111 Å². The van der Waals surface area contributed by atoms with E-state index in [0.717, 1.165) is 17.3 Å². The fourth-order valence-corrected chi connectivity index (χ4v) is 3.12. The van der Waals surface area contributed by atoms with Crippen LogP contribution in [0.4, 0.5) is 15.8 Å². The molecule has 0 aliphatic carbocycles. The lowest BCUT2D eigenvalue weighted by Gasteiger charge is -2.09. The van der Waals surface area contributed by atoms with Crippen LogP contribution in [0.25, 0.3) is 11.5 Å². The first-order chi connectivity index (χ1) is 13.3. The number of rotatable bonds is 6. The van der Waals surface area contributed by atoms with Gasteiger partial charge in [0.15, 0.2) is 0 Å². The van der Waals surface area contributed by atoms with Gasteiger partial charge in [0, 0.05) is 11.6 Å². The predicted octanol–water partition coefficient (Wildman–Crippen LogP) is 4.13. The fourth-order valence-electron chi connectivity index (χ4n) is 2.56. The number of aryl methyl sites for hydroxylation is 2. The molecule has 0 saturated heterocycles. The van der Waals surface area contributed by atoms with E-state index in [4.69, 9.17) is 4.42 Å². The standard InChI is InChI=1S/C18H15FN4O4S/c1-10-6-11(2)16(14(7-10)23(25)26)20-15(24)9-28-18-22-21-17(27-18)12-4-3-5-13(19)8-12/h3-8H,9H2,1-2H3,(H,20,24). The van der Waals surface area contributed by atoms with E-state index in [0.29, 0.717) is 11.1 Å². The van der Waals surface area contributed by atoms with E-state index in [1.807, 2.05) is 0 Å². The molecule has 8 nitrogen and oxygen atoms in total. The summed E-state index contributed by atoms with van der Waals surface area (Å²) in [4.78, 5) is 22.9. The fraction of sp³-hybridized carbons (Fsp3) is 0.167. The number of benzene rings is 2. The minimum atomic E-state index is -0.536. The van der Waals surface area contributed by atoms with Gasteiger partial charge in [-0.05, 0) is 43.2 Å². The average Bonchev–Trinajstić information content (AvgIpc) is 3.11. The summed E-state index contributed by atoms with van der Waals surface area (Å²) < 4.78 is 18.7. The van der Waals surface area contributed by atoms with Gasteiger partial charge in [-0.3, -0.25) is 14.9 Å². The highest BCUT2D eigenvalue weighted by Crippen LogP contribution is 2.30. The van der Waals surface area contributed by atoms with Crippen LogP contribution < -0.4 is 5.32 Å². The highest BCUT2D eigenvalue weighted by molar-refractivity contribution is 7.99. The molecule has 3 rings (SSSR count). The molecule has 0 bridgehead atoms. The Balaban J connectivity index is 1.67. The molecule has 144 valence electrons. The first kappa shape index (κ1) is 19.5. The zero-order valence-electron chi connectivity index (χ0n) is 14.9. The smallest absolute Gasteiger partial charge is 0.293 e. The number of thioether (sulfide) groups is 1. The molecule has 0 aliphatic rings. The van der Waals surface area contributed by atoms with E-state index in [9.17, 15) is 19.3 Å². The number of nitrogens with one attached hydrogen (secondary N) is 1. The van der Waals surface area contributed by atoms with Crippen molar-refractivity contribution in [3.8, 4) is 11.5 Å². The minimum absolute atomic E-state index is 0.0880. The Kier molecular flexibility index (Phi) is 5.69. The van der Waals surface area contributed by atoms with E-state index in [1.54, 1.807) is 26.0 Å². The third kappa shape index (κ3) is 4.52. The summed E-state index contributed by atoms with van der Waals surface area (Å²) >= 11 is 0.975. The third-order valence-corrected chi connectivity index (χ3v) is 4.54. The van der Waals surface area contributed by atoms with Gasteiger partial charge in [-0.1, -0.05) is 23.9 Å². The molecule has 2 aromatic carbocycles. The van der Waals surface area contributed by atoms with Crippen LogP contribution in [0.3, 0.4) is 0 Å². The van der Waals surface area contributed by atoms with E-state index in [1.165, 1.54) is 24.3 Å². The normalized spacial score (nSPS) is 10.7. The number of hydrogen-bond acceptors (Lipinski definition) is 7. The quantitative estimate of drug-likeness (QED) is 0.375. The molecule has 1 N–H and O–H groups in total. The van der Waals surface area contributed by atoms with Gasteiger partial charge >= 0.3 is 0 Å². The Labute approximate surface area is 163 Å². The maximum atomic E-state index is 13.3. The first-order valence-electron chi connectivity index (χ1n) is 8.11. The van der Waals surface area contributed by atoms with Crippen LogP contribution in [0, 0.1) is 29.8 Å². The molecular weight excluding hydrogens is 387 g/mol. The summed E-state index contributed by atoms with van der Waals surface area (Å²) in [5.74, 6) is -0.841. The van der Waals surface area contributed by atoms with Crippen molar-refractivity contribution in [3.05, 3.63) is 63.5 Å². The third-order valence-electron chi connectivity index (χ3n) is 3.72. The second kappa shape index (κ2) is 8.17. The zero-order valence-corrected chi connectivity index (χ0v) is 15.7. The molecule has 0 unspecified atom stereocenters. The molecule has 10 heteroatoms. The van der Waals surface area contributed by atoms with Crippen LogP contribution >= 0.6 is 11.8 Å². The molecule has 0 saturated carbocycles. The summed E-state index contributed by atoms with van der Waals surface area (Å²) in [5, 5.41) is 21.6. The van der Waals surface area contributed by atoms with Crippen LogP contribution in [0.5, 0.6) is 0 Å². The van der Waals surface area contributed by atoms with Crippen molar-refractivity contribution in [2.24, 2.45) is 0 Å². The number of halogens is 1. The number of carbonyl (C=O) groups is 1. The lowest BCUT2D eigenvalue weighted by molar-refractivity contribution is -0.384. The summed E-state index contributed by atoms with van der Waals surface area (Å²) in [5.41, 5.74) is 1.74. The summed E-state index contributed by atoms with van der Waals surface area (Å²) in [6.45, 7) is 3.43. The van der Waals surface area contributed by atoms with Gasteiger partial charge < -0.3 is 9.73 Å². The minimum Gasteiger partial charge on any atom is -0.411 e. The van der Waals surface area contributed by atoms with Crippen LogP contribution in [0.15, 0.2) is 46.0 Å². The molecular formula is C18H15FN4O4S. The van der Waals surface area contributed by atoms with Crippen LogP contribution in [0.1, 0.15) is 11.1 Å². The summed E-state index contributed by atoms with van der Waals surface area (Å²) in [6, 6.07) is 8.85. The monoisotopic (exact) mass is 402 g/mol. The highest BCUT2D eigenvalue weighted by atomic mass is 32.2. The van der Waals surface area contributed by atoms with Gasteiger partial charge in [-0.15, -0.1) is 10.2 Å². The summed E-state index contributed by atoms with van der Waals surface area (Å²) in [7, 11) is 0. The van der Waals surface area contributed by atoms with Crippen molar-refractivity contribution < 1.29 is 18.5 Å². The Hall–Kier alpha value is -3.27. The molecule has 1 aromatic heterocycles. The lowest BCUT2D eigenvalue weighted by Crippen LogP contribution is -2.16. The number of anilines is 1. The van der Waals surface area contributed by atoms with Crippen molar-refractivity contribution in [2.45, 2.75) is 19.1 Å². The van der Waals surface area contributed by atoms with Gasteiger partial charge in [-0.25, -0.2) is 4.39 Å². The van der Waals surface area contributed by atoms with E-state index in [-0.39, 0.29) is 28.2 Å². The molecule has 1 heterocycles. The average molecular weight is 402 g/mol. The molecule has 3 aromatic rings. The van der Waals surface area contributed by atoms with E-state index in [2.05, 4.69) is 15.5 Å². The summed E-state index contributed by atoms with van der Waals surface area (Å²) in [6.07, 6.45) is 0. The molecule has 1 amide bonds. The SMILES string of the molecule is Cc1cc(C)c(NC(=O)CSc2nnc(-c3cccc(F)c3)o2)c([N+](=O)[O-])c1. The van der Waals surface area contributed by atoms with Crippen LogP contribution in [-0.2, 0) is 4.79 Å². The maximum Gasteiger partial charge on any atom is 0.293 e. The Bertz CT molecular complexity index is 1050. The van der Waals surface area contributed by atoms with Crippen LogP contribution in [-0.4, -0.2) is 26.8 Å². The largest absolute Gasteiger partial charge is 0.411 e. The van der Waals surface area contributed by atoms with Gasteiger partial charge in [0.05, 0.1) is 10.7 Å². The predicted molar refractivity (Wildman–Crippen MR) is 102 cm³/mol. The number of hydrogen-bond donors (Lipinski definition) is 1. The molecule has 0 atom stereocenters. The number of nitro benzene ring substituents is 1. The number of aromatic nitrogens is 2. The zero-order chi connectivity index (χ0) is 20.3. The molecule has 0 spiro atoms. The van der Waals surface area contributed by atoms with Crippen LogP contribution in [0.2, 0.25) is 0 Å². The van der Waals surface area contributed by atoms with Crippen molar-refractivity contribution in [2.75, 3.05) is 11.1 Å². The Morgan fingerprint density at radius 3 is 2.79 bits per heavy atom. The van der Waals surface area contributed by atoms with Crippen molar-refractivity contribution in [3.63, 3.8) is 0 Å². The van der Waals surface area contributed by atoms with Gasteiger partial charge in [0.2, 0.25) is 11.8 Å². The van der Waals surface area contributed by atoms with E-state index < -0.39 is 16.6 Å². The first-order valence-corrected chi connectivity index (χ1v) is 9.10. The number of nitrogens with zero attached hydrogens (tertiary/aromatic N) is 3. The van der Waals surface area contributed by atoms with Crippen molar-refractivity contribution >= 4 is 29.0 Å². The highest BCUT2D eigenvalue weighted by Gasteiger charge is 2.20. The molecule has 28 heavy (non-hydrogen) atoms. The second-order valence-electron chi connectivity index (χ2n) is 5.95. The number of carbonyl (C=O) groups excluding carboxylic acids is 1. The van der Waals surface area contributed by atoms with Gasteiger partial charge in [-0.2, -0.15) is 0 Å². The molecule has 0 radical (unpaired) electrons. The van der Waals surface area contributed by atoms with Gasteiger partial charge in [0.1, 0.15) is 11.5 Å². The van der Waals surface area contributed by atoms with Crippen molar-refractivity contribution in [1.29, 1.82) is 0 Å². The number of nitro groups is 1. The molecule has 0 fully saturated rings. The molecule has 0 aliphatic heterocycles. The van der Waals surface area contributed by atoms with Crippen molar-refractivity contribution in [1.82, 2.24) is 10.2 Å². The maximum absolute atomic E-state index is 13.3. The van der Waals surface area contributed by atoms with E-state index >= 15 is 0 Å². The second-order valence-corrected chi connectivity index (χ2v) is 6.88. The Morgan fingerprint density at radius 1 is 1.29 bits per heavy atom. The Morgan fingerprint density at radius 2 is 2.07 bits per heavy atom. The lowest BCUT2D eigenvalue weighted by atomic mass is 10.1. The number of amides is 1. The van der Waals surface area contributed by atoms with Gasteiger partial charge in [0.25, 0.3) is 10.9 Å².